The molecule has 3 N–H and O–H groups in total. The predicted molar refractivity (Wildman–Crippen MR) is 165 cm³/mol. The van der Waals surface area contributed by atoms with Gasteiger partial charge in [-0.3, -0.25) is 9.88 Å². The maximum Gasteiger partial charge on any atom is 0.343 e. The van der Waals surface area contributed by atoms with Crippen molar-refractivity contribution < 1.29 is 13.9 Å². The van der Waals surface area contributed by atoms with Crippen LogP contribution in [0, 0.1) is 5.82 Å². The van der Waals surface area contributed by atoms with Gasteiger partial charge in [-0.2, -0.15) is 5.10 Å². The summed E-state index contributed by atoms with van der Waals surface area (Å²) in [4.78, 5) is 28.4. The van der Waals surface area contributed by atoms with Gasteiger partial charge in [0.2, 0.25) is 0 Å². The monoisotopic (exact) mass is 589 g/mol. The number of fused-ring (bicyclic) bond motifs is 2. The zero-order valence-corrected chi connectivity index (χ0v) is 23.8. The van der Waals surface area contributed by atoms with Crippen LogP contribution in [0.1, 0.15) is 36.3 Å². The van der Waals surface area contributed by atoms with Crippen LogP contribution in [-0.4, -0.2) is 47.8 Å². The minimum atomic E-state index is -0.629. The highest BCUT2D eigenvalue weighted by atomic mass is 19.1. The highest BCUT2D eigenvalue weighted by Gasteiger charge is 2.28. The van der Waals surface area contributed by atoms with E-state index in [0.29, 0.717) is 33.4 Å². The first-order valence-corrected chi connectivity index (χ1v) is 14.2. The summed E-state index contributed by atoms with van der Waals surface area (Å²) in [5, 5.41) is 16.6. The molecule has 220 valence electrons. The zero-order chi connectivity index (χ0) is 30.4. The Morgan fingerprint density at radius 3 is 2.64 bits per heavy atom. The second kappa shape index (κ2) is 11.0. The van der Waals surface area contributed by atoms with Gasteiger partial charge in [0.1, 0.15) is 41.2 Å². The quantitative estimate of drug-likeness (QED) is 0.264. The number of rotatable bonds is 6. The van der Waals surface area contributed by atoms with Crippen LogP contribution in [-0.2, 0) is 6.54 Å². The topological polar surface area (TPSA) is 136 Å². The molecule has 1 aliphatic heterocycles. The molecule has 0 amide bonds. The first-order chi connectivity index (χ1) is 21.4. The van der Waals surface area contributed by atoms with E-state index >= 15 is 0 Å². The van der Waals surface area contributed by atoms with Crippen LogP contribution >= 0.6 is 0 Å². The normalized spacial score (nSPS) is 14.6. The Kier molecular flexibility index (Phi) is 6.86. The van der Waals surface area contributed by atoms with Crippen molar-refractivity contribution >= 4 is 33.2 Å². The van der Waals surface area contributed by atoms with E-state index in [1.54, 1.807) is 23.1 Å². The average molecular weight is 590 g/mol. The Morgan fingerprint density at radius 1 is 1.09 bits per heavy atom. The van der Waals surface area contributed by atoms with E-state index in [1.807, 2.05) is 37.3 Å². The third-order valence-electron chi connectivity index (χ3n) is 8.06. The molecule has 0 saturated carbocycles. The number of aromatic hydroxyl groups is 1. The molecule has 1 atom stereocenters. The lowest BCUT2D eigenvalue weighted by molar-refractivity contribution is 0.293. The van der Waals surface area contributed by atoms with Crippen molar-refractivity contribution in [1.82, 2.24) is 29.6 Å². The summed E-state index contributed by atoms with van der Waals surface area (Å²) in [7, 11) is 0. The fourth-order valence-corrected chi connectivity index (χ4v) is 5.96. The van der Waals surface area contributed by atoms with Crippen molar-refractivity contribution in [3.8, 4) is 17.0 Å². The summed E-state index contributed by atoms with van der Waals surface area (Å²) in [6.07, 6.45) is 7.85. The van der Waals surface area contributed by atoms with Crippen molar-refractivity contribution in [2.24, 2.45) is 0 Å². The van der Waals surface area contributed by atoms with Crippen LogP contribution in [0.2, 0.25) is 0 Å². The minimum Gasteiger partial charge on any atom is -0.508 e. The van der Waals surface area contributed by atoms with Crippen LogP contribution in [0.25, 0.3) is 38.6 Å². The van der Waals surface area contributed by atoms with Gasteiger partial charge in [0.25, 0.3) is 0 Å². The Bertz CT molecular complexity index is 2100. The fourth-order valence-electron chi connectivity index (χ4n) is 5.96. The third kappa shape index (κ3) is 4.86. The van der Waals surface area contributed by atoms with Crippen molar-refractivity contribution in [2.75, 3.05) is 18.8 Å². The molecule has 44 heavy (non-hydrogen) atoms. The minimum absolute atomic E-state index is 0.150. The van der Waals surface area contributed by atoms with E-state index in [0.717, 1.165) is 48.6 Å². The van der Waals surface area contributed by atoms with Gasteiger partial charge in [0, 0.05) is 49.2 Å². The van der Waals surface area contributed by atoms with E-state index in [1.165, 1.54) is 24.0 Å². The first kappa shape index (κ1) is 27.4. The number of aromatic nitrogens is 5. The van der Waals surface area contributed by atoms with Crippen LogP contribution < -0.4 is 11.4 Å². The van der Waals surface area contributed by atoms with E-state index in [4.69, 9.17) is 15.2 Å². The number of anilines is 1. The fraction of sp³-hybridized carbons (Fsp3) is 0.182. The molecule has 0 radical (unpaired) electrons. The molecule has 0 aliphatic carbocycles. The Labute approximate surface area is 250 Å². The number of phenols is 1. The molecule has 0 spiro atoms. The van der Waals surface area contributed by atoms with Crippen LogP contribution in [0.3, 0.4) is 0 Å². The average Bonchev–Trinajstić information content (AvgIpc) is 3.42. The molecule has 5 heterocycles. The summed E-state index contributed by atoms with van der Waals surface area (Å²) in [5.74, 6) is -0.304. The lowest BCUT2D eigenvalue weighted by Gasteiger charge is -2.28. The molecule has 0 fully saturated rings. The van der Waals surface area contributed by atoms with E-state index in [2.05, 4.69) is 25.9 Å². The van der Waals surface area contributed by atoms with Gasteiger partial charge in [-0.05, 0) is 60.2 Å². The summed E-state index contributed by atoms with van der Waals surface area (Å²) in [6, 6.07) is 14.5. The number of nitrogens with zero attached hydrogens (tertiary/aromatic N) is 6. The van der Waals surface area contributed by atoms with Crippen LogP contribution in [0.5, 0.6) is 5.75 Å². The van der Waals surface area contributed by atoms with Gasteiger partial charge in [-0.25, -0.2) is 23.8 Å². The highest BCUT2D eigenvalue weighted by Crippen LogP contribution is 2.38. The standard InChI is InChI=1S/C33H28FN7O3/c1-19(41-32-28(31(35)37-18-38-32)29(39-41)22-14-23(34)16-24(42)15-22)30-27(25-4-2-3-5-26(25)33(43)44-30)21-8-12-40(13-9-21)17-20-6-10-36-11-7-20/h2-8,10-11,14-16,18-19,42H,9,12-13,17H2,1H3,(H2,35,37,38). The molecule has 0 bridgehead atoms. The lowest BCUT2D eigenvalue weighted by Crippen LogP contribution is -2.28. The maximum absolute atomic E-state index is 14.3. The smallest absolute Gasteiger partial charge is 0.343 e. The second-order valence-corrected chi connectivity index (χ2v) is 10.9. The summed E-state index contributed by atoms with van der Waals surface area (Å²) in [6.45, 7) is 4.21. The number of pyridine rings is 1. The van der Waals surface area contributed by atoms with Crippen molar-refractivity contribution in [3.63, 3.8) is 0 Å². The highest BCUT2D eigenvalue weighted by molar-refractivity contribution is 5.99. The molecule has 1 aliphatic rings. The van der Waals surface area contributed by atoms with Gasteiger partial charge in [-0.15, -0.1) is 0 Å². The SMILES string of the molecule is CC(c1oc(=O)c2ccccc2c1C1=CCN(Cc2ccncc2)CC1)n1nc(-c2cc(O)cc(F)c2)c2c(N)ncnc21. The number of phenolic OH excluding ortho intramolecular Hbond substituents is 1. The molecule has 2 aromatic carbocycles. The van der Waals surface area contributed by atoms with E-state index in [-0.39, 0.29) is 11.6 Å². The molecule has 10 nitrogen and oxygen atoms in total. The number of hydrogen-bond acceptors (Lipinski definition) is 9. The Balaban J connectivity index is 1.37. The molecule has 4 aromatic heterocycles. The number of nitrogen functional groups attached to an aromatic ring is 1. The third-order valence-corrected chi connectivity index (χ3v) is 8.06. The largest absolute Gasteiger partial charge is 0.508 e. The predicted octanol–water partition coefficient (Wildman–Crippen LogP) is 5.32. The van der Waals surface area contributed by atoms with Gasteiger partial charge >= 0.3 is 5.63 Å². The molecular formula is C33H28FN7O3. The summed E-state index contributed by atoms with van der Waals surface area (Å²) < 4.78 is 22.0. The number of benzene rings is 2. The van der Waals surface area contributed by atoms with E-state index in [9.17, 15) is 14.3 Å². The second-order valence-electron chi connectivity index (χ2n) is 10.9. The lowest BCUT2D eigenvalue weighted by atomic mass is 9.92. The van der Waals surface area contributed by atoms with Gasteiger partial charge in [-0.1, -0.05) is 24.3 Å². The Hall–Kier alpha value is -5.42. The van der Waals surface area contributed by atoms with Crippen LogP contribution in [0.4, 0.5) is 10.2 Å². The van der Waals surface area contributed by atoms with Gasteiger partial charge < -0.3 is 15.3 Å². The summed E-state index contributed by atoms with van der Waals surface area (Å²) >= 11 is 0. The first-order valence-electron chi connectivity index (χ1n) is 14.2. The molecular weight excluding hydrogens is 561 g/mol. The number of nitrogens with two attached hydrogens (primary N) is 1. The summed E-state index contributed by atoms with van der Waals surface area (Å²) in [5.41, 5.74) is 9.92. The van der Waals surface area contributed by atoms with E-state index < -0.39 is 17.5 Å². The number of halogens is 1. The van der Waals surface area contributed by atoms with Crippen molar-refractivity contribution in [3.05, 3.63) is 113 Å². The van der Waals surface area contributed by atoms with Crippen molar-refractivity contribution in [2.45, 2.75) is 25.9 Å². The molecule has 11 heteroatoms. The van der Waals surface area contributed by atoms with Gasteiger partial charge in [0.05, 0.1) is 10.8 Å². The maximum atomic E-state index is 14.3. The molecule has 0 saturated heterocycles. The number of hydrogen-bond donors (Lipinski definition) is 2. The molecule has 1 unspecified atom stereocenters. The Morgan fingerprint density at radius 2 is 1.89 bits per heavy atom. The molecule has 7 rings (SSSR count). The molecule has 6 aromatic rings. The van der Waals surface area contributed by atoms with Crippen LogP contribution in [0.15, 0.2) is 88.6 Å². The van der Waals surface area contributed by atoms with Crippen molar-refractivity contribution in [1.29, 1.82) is 0 Å². The zero-order valence-electron chi connectivity index (χ0n) is 23.8. The van der Waals surface area contributed by atoms with Gasteiger partial charge in [0.15, 0.2) is 5.65 Å².